The predicted molar refractivity (Wildman–Crippen MR) is 82.0 cm³/mol. The summed E-state index contributed by atoms with van der Waals surface area (Å²) in [6.07, 6.45) is 3.95. The number of aromatic nitrogens is 3. The van der Waals surface area contributed by atoms with Gasteiger partial charge in [-0.3, -0.25) is 5.10 Å². The van der Waals surface area contributed by atoms with E-state index in [4.69, 9.17) is 17.0 Å². The third-order valence-corrected chi connectivity index (χ3v) is 3.05. The molecule has 0 atom stereocenters. The minimum absolute atomic E-state index is 0.485. The number of benzene rings is 1. The summed E-state index contributed by atoms with van der Waals surface area (Å²) in [5, 5.41) is 11.0. The van der Waals surface area contributed by atoms with Gasteiger partial charge in [-0.05, 0) is 55.4 Å². The van der Waals surface area contributed by atoms with E-state index in [-0.39, 0.29) is 0 Å². The van der Waals surface area contributed by atoms with Crippen molar-refractivity contribution in [2.45, 2.75) is 26.7 Å². The van der Waals surface area contributed by atoms with E-state index in [1.165, 1.54) is 0 Å². The molecule has 2 aromatic rings. The lowest BCUT2D eigenvalue weighted by Crippen LogP contribution is -1.97. The van der Waals surface area contributed by atoms with Gasteiger partial charge in [0.25, 0.3) is 0 Å². The van der Waals surface area contributed by atoms with E-state index < -0.39 is 0 Å². The van der Waals surface area contributed by atoms with Crippen molar-refractivity contribution in [3.8, 4) is 5.75 Å². The summed E-state index contributed by atoms with van der Waals surface area (Å²) >= 11 is 5.08. The zero-order valence-corrected chi connectivity index (χ0v) is 12.5. The van der Waals surface area contributed by atoms with Crippen LogP contribution in [0.25, 0.3) is 0 Å². The molecule has 0 bridgehead atoms. The van der Waals surface area contributed by atoms with E-state index in [1.54, 1.807) is 10.9 Å². The fourth-order valence-electron chi connectivity index (χ4n) is 1.62. The molecule has 0 saturated heterocycles. The Hall–Kier alpha value is -1.95. The molecule has 1 heterocycles. The number of nitrogens with zero attached hydrogens (tertiary/aromatic N) is 3. The van der Waals surface area contributed by atoms with Gasteiger partial charge in [0.1, 0.15) is 11.6 Å². The molecule has 0 fully saturated rings. The van der Waals surface area contributed by atoms with Crippen molar-refractivity contribution in [1.82, 2.24) is 14.9 Å². The van der Waals surface area contributed by atoms with Gasteiger partial charge in [0, 0.05) is 0 Å². The lowest BCUT2D eigenvalue weighted by atomic mass is 10.2. The molecule has 20 heavy (non-hydrogen) atoms. The van der Waals surface area contributed by atoms with Crippen LogP contribution in [0.2, 0.25) is 0 Å². The van der Waals surface area contributed by atoms with Crippen LogP contribution in [0.5, 0.6) is 5.75 Å². The first kappa shape index (κ1) is 14.5. The van der Waals surface area contributed by atoms with Crippen LogP contribution in [-0.2, 0) is 0 Å². The van der Waals surface area contributed by atoms with Crippen molar-refractivity contribution in [2.75, 3.05) is 6.61 Å². The summed E-state index contributed by atoms with van der Waals surface area (Å²) in [5.74, 6) is 1.61. The van der Waals surface area contributed by atoms with Crippen LogP contribution in [0.3, 0.4) is 0 Å². The molecule has 106 valence electrons. The van der Waals surface area contributed by atoms with Crippen LogP contribution in [0.1, 0.15) is 31.2 Å². The Morgan fingerprint density at radius 1 is 1.40 bits per heavy atom. The molecule has 1 aromatic carbocycles. The number of rotatable bonds is 6. The Labute approximate surface area is 123 Å². The van der Waals surface area contributed by atoms with E-state index >= 15 is 0 Å². The summed E-state index contributed by atoms with van der Waals surface area (Å²) in [6, 6.07) is 7.81. The quantitative estimate of drug-likeness (QED) is 0.504. The molecule has 5 nitrogen and oxygen atoms in total. The molecule has 1 N–H and O–H groups in total. The van der Waals surface area contributed by atoms with E-state index in [0.29, 0.717) is 4.77 Å². The molecular weight excluding hydrogens is 272 g/mol. The van der Waals surface area contributed by atoms with Crippen molar-refractivity contribution in [3.63, 3.8) is 0 Å². The normalized spacial score (nSPS) is 11.1. The standard InChI is InChI=1S/C14H18N4OS/c1-3-4-9-19-13-7-5-12(6-8-13)10-15-18-11(2)16-17-14(18)20/h5-8,10H,3-4,9H2,1-2H3,(H,17,20)/b15-10-. The van der Waals surface area contributed by atoms with Crippen LogP contribution >= 0.6 is 12.2 Å². The molecule has 0 aliphatic rings. The predicted octanol–water partition coefficient (Wildman–Crippen LogP) is 3.31. The average Bonchev–Trinajstić information content (AvgIpc) is 2.78. The van der Waals surface area contributed by atoms with Gasteiger partial charge in [0.05, 0.1) is 12.8 Å². The summed E-state index contributed by atoms with van der Waals surface area (Å²) in [6.45, 7) is 4.74. The first-order valence-electron chi connectivity index (χ1n) is 6.62. The monoisotopic (exact) mass is 290 g/mol. The third-order valence-electron chi connectivity index (χ3n) is 2.78. The minimum atomic E-state index is 0.485. The second kappa shape index (κ2) is 7.00. The SMILES string of the molecule is CCCCOc1ccc(/C=N\n2c(C)n[nH]c2=S)cc1. The van der Waals surface area contributed by atoms with E-state index in [0.717, 1.165) is 36.6 Å². The van der Waals surface area contributed by atoms with E-state index in [2.05, 4.69) is 22.2 Å². The van der Waals surface area contributed by atoms with Crippen LogP contribution in [0, 0.1) is 11.7 Å². The van der Waals surface area contributed by atoms with Crippen molar-refractivity contribution in [3.05, 3.63) is 40.4 Å². The van der Waals surface area contributed by atoms with Gasteiger partial charge < -0.3 is 4.74 Å². The Morgan fingerprint density at radius 2 is 2.15 bits per heavy atom. The van der Waals surface area contributed by atoms with Gasteiger partial charge in [-0.25, -0.2) is 0 Å². The molecule has 0 aliphatic carbocycles. The van der Waals surface area contributed by atoms with Crippen LogP contribution < -0.4 is 4.74 Å². The van der Waals surface area contributed by atoms with Crippen LogP contribution in [0.4, 0.5) is 0 Å². The lowest BCUT2D eigenvalue weighted by molar-refractivity contribution is 0.309. The van der Waals surface area contributed by atoms with Crippen molar-refractivity contribution >= 4 is 18.4 Å². The highest BCUT2D eigenvalue weighted by Crippen LogP contribution is 2.11. The molecule has 0 unspecified atom stereocenters. The maximum absolute atomic E-state index is 5.61. The van der Waals surface area contributed by atoms with Crippen LogP contribution in [0.15, 0.2) is 29.4 Å². The fraction of sp³-hybridized carbons (Fsp3) is 0.357. The molecule has 6 heteroatoms. The number of unbranched alkanes of at least 4 members (excludes halogenated alkanes) is 1. The molecule has 0 aliphatic heterocycles. The zero-order valence-electron chi connectivity index (χ0n) is 11.7. The summed E-state index contributed by atoms with van der Waals surface area (Å²) < 4.78 is 7.68. The number of hydrogen-bond acceptors (Lipinski definition) is 4. The maximum atomic E-state index is 5.61. The number of nitrogens with one attached hydrogen (secondary N) is 1. The molecule has 0 radical (unpaired) electrons. The maximum Gasteiger partial charge on any atom is 0.216 e. The zero-order chi connectivity index (χ0) is 14.4. The molecule has 2 rings (SSSR count). The van der Waals surface area contributed by atoms with Gasteiger partial charge in [0.15, 0.2) is 0 Å². The van der Waals surface area contributed by atoms with Crippen molar-refractivity contribution in [1.29, 1.82) is 0 Å². The van der Waals surface area contributed by atoms with E-state index in [9.17, 15) is 0 Å². The average molecular weight is 290 g/mol. The number of ether oxygens (including phenoxy) is 1. The first-order chi connectivity index (χ1) is 9.70. The largest absolute Gasteiger partial charge is 0.494 e. The highest BCUT2D eigenvalue weighted by Gasteiger charge is 1.98. The molecule has 1 aromatic heterocycles. The minimum Gasteiger partial charge on any atom is -0.494 e. The van der Waals surface area contributed by atoms with Gasteiger partial charge >= 0.3 is 0 Å². The fourth-order valence-corrected chi connectivity index (χ4v) is 1.84. The second-order valence-corrected chi connectivity index (χ2v) is 4.79. The van der Waals surface area contributed by atoms with Gasteiger partial charge in [-0.15, -0.1) is 0 Å². The van der Waals surface area contributed by atoms with Crippen molar-refractivity contribution in [2.24, 2.45) is 5.10 Å². The first-order valence-corrected chi connectivity index (χ1v) is 7.02. The number of hydrogen-bond donors (Lipinski definition) is 1. The van der Waals surface area contributed by atoms with Crippen LogP contribution in [-0.4, -0.2) is 27.7 Å². The Bertz CT molecular complexity index is 627. The molecular formula is C14H18N4OS. The Balaban J connectivity index is 2.02. The van der Waals surface area contributed by atoms with Crippen molar-refractivity contribution < 1.29 is 4.74 Å². The highest BCUT2D eigenvalue weighted by molar-refractivity contribution is 7.71. The molecule has 0 saturated carbocycles. The number of aryl methyl sites for hydroxylation is 1. The van der Waals surface area contributed by atoms with Gasteiger partial charge in [-0.2, -0.15) is 14.9 Å². The molecule has 0 spiro atoms. The Morgan fingerprint density at radius 3 is 2.75 bits per heavy atom. The molecule has 0 amide bonds. The lowest BCUT2D eigenvalue weighted by Gasteiger charge is -2.04. The van der Waals surface area contributed by atoms with Gasteiger partial charge in [-0.1, -0.05) is 13.3 Å². The van der Waals surface area contributed by atoms with E-state index in [1.807, 2.05) is 31.2 Å². The Kier molecular flexibility index (Phi) is 5.06. The number of aromatic amines is 1. The highest BCUT2D eigenvalue weighted by atomic mass is 32.1. The third kappa shape index (κ3) is 3.77. The smallest absolute Gasteiger partial charge is 0.216 e. The summed E-state index contributed by atoms with van der Waals surface area (Å²) in [5.41, 5.74) is 0.982. The summed E-state index contributed by atoms with van der Waals surface area (Å²) in [7, 11) is 0. The second-order valence-electron chi connectivity index (χ2n) is 4.40. The topological polar surface area (TPSA) is 55.2 Å². The summed E-state index contributed by atoms with van der Waals surface area (Å²) in [4.78, 5) is 0. The number of H-pyrrole nitrogens is 1. The van der Waals surface area contributed by atoms with Gasteiger partial charge in [0.2, 0.25) is 4.77 Å².